The van der Waals surface area contributed by atoms with Crippen molar-refractivity contribution in [3.63, 3.8) is 0 Å². The SMILES string of the molecule is CN(CC(=O)Nc1nnc([C@@H]2CCCO2)s1)C1CCSCC1. The van der Waals surface area contributed by atoms with Crippen LogP contribution in [-0.2, 0) is 9.53 Å². The first-order valence-electron chi connectivity index (χ1n) is 7.75. The summed E-state index contributed by atoms with van der Waals surface area (Å²) in [6, 6.07) is 0.517. The Labute approximate surface area is 139 Å². The van der Waals surface area contributed by atoms with Crippen LogP contribution in [0.1, 0.15) is 36.8 Å². The maximum absolute atomic E-state index is 12.1. The van der Waals surface area contributed by atoms with Gasteiger partial charge in [-0.2, -0.15) is 11.8 Å². The van der Waals surface area contributed by atoms with Crippen LogP contribution >= 0.6 is 23.1 Å². The number of carbonyl (C=O) groups is 1. The molecule has 8 heteroatoms. The molecule has 0 saturated carbocycles. The Morgan fingerprint density at radius 1 is 1.36 bits per heavy atom. The number of amides is 1. The van der Waals surface area contributed by atoms with Crippen LogP contribution in [0.4, 0.5) is 5.13 Å². The van der Waals surface area contributed by atoms with Crippen LogP contribution < -0.4 is 5.32 Å². The van der Waals surface area contributed by atoms with Gasteiger partial charge >= 0.3 is 0 Å². The van der Waals surface area contributed by atoms with Crippen molar-refractivity contribution in [1.29, 1.82) is 0 Å². The predicted octanol–water partition coefficient (Wildman–Crippen LogP) is 2.16. The van der Waals surface area contributed by atoms with E-state index in [2.05, 4.69) is 20.4 Å². The maximum Gasteiger partial charge on any atom is 0.240 e. The van der Waals surface area contributed by atoms with E-state index in [-0.39, 0.29) is 12.0 Å². The van der Waals surface area contributed by atoms with Gasteiger partial charge in [0.15, 0.2) is 0 Å². The Kier molecular flexibility index (Phi) is 5.67. The van der Waals surface area contributed by atoms with Crippen molar-refractivity contribution in [2.75, 3.05) is 37.0 Å². The smallest absolute Gasteiger partial charge is 0.240 e. The molecule has 2 aliphatic rings. The molecule has 0 aromatic carbocycles. The van der Waals surface area contributed by atoms with Crippen molar-refractivity contribution in [2.24, 2.45) is 0 Å². The molecule has 0 bridgehead atoms. The zero-order chi connectivity index (χ0) is 15.4. The summed E-state index contributed by atoms with van der Waals surface area (Å²) in [5.41, 5.74) is 0. The van der Waals surface area contributed by atoms with Crippen LogP contribution in [0.5, 0.6) is 0 Å². The highest BCUT2D eigenvalue weighted by Gasteiger charge is 2.23. The number of aromatic nitrogens is 2. The van der Waals surface area contributed by atoms with E-state index in [1.807, 2.05) is 18.8 Å². The van der Waals surface area contributed by atoms with E-state index in [1.165, 1.54) is 22.8 Å². The first-order chi connectivity index (χ1) is 10.7. The Hall–Kier alpha value is -0.700. The minimum absolute atomic E-state index is 0.0178. The zero-order valence-electron chi connectivity index (χ0n) is 12.8. The number of anilines is 1. The molecule has 1 N–H and O–H groups in total. The second-order valence-electron chi connectivity index (χ2n) is 5.75. The van der Waals surface area contributed by atoms with Crippen LogP contribution in [0.15, 0.2) is 0 Å². The lowest BCUT2D eigenvalue weighted by atomic mass is 10.1. The molecule has 0 aliphatic carbocycles. The topological polar surface area (TPSA) is 67.4 Å². The van der Waals surface area contributed by atoms with Gasteiger partial charge in [-0.1, -0.05) is 11.3 Å². The number of carbonyl (C=O) groups excluding carboxylic acids is 1. The molecule has 2 saturated heterocycles. The van der Waals surface area contributed by atoms with Crippen LogP contribution in [0.3, 0.4) is 0 Å². The van der Waals surface area contributed by atoms with Gasteiger partial charge in [0.05, 0.1) is 6.54 Å². The fourth-order valence-electron chi connectivity index (χ4n) is 2.83. The number of ether oxygens (including phenoxy) is 1. The van der Waals surface area contributed by atoms with Crippen molar-refractivity contribution in [1.82, 2.24) is 15.1 Å². The van der Waals surface area contributed by atoms with E-state index in [9.17, 15) is 4.79 Å². The summed E-state index contributed by atoms with van der Waals surface area (Å²) in [6.45, 7) is 1.20. The molecule has 0 unspecified atom stereocenters. The normalized spacial score (nSPS) is 23.1. The first kappa shape index (κ1) is 16.2. The molecule has 1 atom stereocenters. The Bertz CT molecular complexity index is 499. The third kappa shape index (κ3) is 4.18. The number of thioether (sulfide) groups is 1. The molecular formula is C14H22N4O2S2. The van der Waals surface area contributed by atoms with Gasteiger partial charge in [-0.3, -0.25) is 15.0 Å². The molecule has 122 valence electrons. The van der Waals surface area contributed by atoms with Crippen LogP contribution in [0.25, 0.3) is 0 Å². The van der Waals surface area contributed by atoms with Crippen molar-refractivity contribution in [3.8, 4) is 0 Å². The minimum atomic E-state index is -0.0178. The summed E-state index contributed by atoms with van der Waals surface area (Å²) in [5, 5.41) is 12.5. The number of hydrogen-bond acceptors (Lipinski definition) is 7. The number of likely N-dealkylation sites (N-methyl/N-ethyl adjacent to an activating group) is 1. The highest BCUT2D eigenvalue weighted by atomic mass is 32.2. The quantitative estimate of drug-likeness (QED) is 0.884. The van der Waals surface area contributed by atoms with E-state index < -0.39 is 0 Å². The lowest BCUT2D eigenvalue weighted by Crippen LogP contribution is -2.39. The van der Waals surface area contributed by atoms with Gasteiger partial charge in [0.1, 0.15) is 11.1 Å². The van der Waals surface area contributed by atoms with E-state index in [1.54, 1.807) is 0 Å². The Morgan fingerprint density at radius 3 is 2.91 bits per heavy atom. The van der Waals surface area contributed by atoms with Crippen molar-refractivity contribution in [2.45, 2.75) is 37.8 Å². The van der Waals surface area contributed by atoms with Gasteiger partial charge in [-0.25, -0.2) is 0 Å². The fraction of sp³-hybridized carbons (Fsp3) is 0.786. The van der Waals surface area contributed by atoms with Crippen LogP contribution in [0.2, 0.25) is 0 Å². The van der Waals surface area contributed by atoms with Crippen molar-refractivity contribution in [3.05, 3.63) is 5.01 Å². The highest BCUT2D eigenvalue weighted by Crippen LogP contribution is 2.31. The second-order valence-corrected chi connectivity index (χ2v) is 7.99. The summed E-state index contributed by atoms with van der Waals surface area (Å²) in [6.07, 6.45) is 4.44. The molecule has 1 amide bonds. The van der Waals surface area contributed by atoms with Crippen molar-refractivity contribution < 1.29 is 9.53 Å². The monoisotopic (exact) mass is 342 g/mol. The molecule has 22 heavy (non-hydrogen) atoms. The highest BCUT2D eigenvalue weighted by molar-refractivity contribution is 7.99. The lowest BCUT2D eigenvalue weighted by Gasteiger charge is -2.30. The van der Waals surface area contributed by atoms with Gasteiger partial charge in [-0.05, 0) is 44.2 Å². The van der Waals surface area contributed by atoms with Gasteiger partial charge in [0.2, 0.25) is 11.0 Å². The summed E-state index contributed by atoms with van der Waals surface area (Å²) in [7, 11) is 2.03. The van der Waals surface area contributed by atoms with Gasteiger partial charge in [0, 0.05) is 12.6 Å². The molecule has 3 heterocycles. The van der Waals surface area contributed by atoms with Gasteiger partial charge in [0.25, 0.3) is 0 Å². The number of hydrogen-bond donors (Lipinski definition) is 1. The number of nitrogens with zero attached hydrogens (tertiary/aromatic N) is 3. The number of rotatable bonds is 5. The molecule has 1 aromatic heterocycles. The van der Waals surface area contributed by atoms with Gasteiger partial charge in [-0.15, -0.1) is 10.2 Å². The van der Waals surface area contributed by atoms with E-state index in [0.717, 1.165) is 37.3 Å². The Morgan fingerprint density at radius 2 is 2.18 bits per heavy atom. The zero-order valence-corrected chi connectivity index (χ0v) is 14.4. The Balaban J connectivity index is 1.48. The minimum Gasteiger partial charge on any atom is -0.371 e. The third-order valence-corrected chi connectivity index (χ3v) is 6.08. The molecule has 6 nitrogen and oxygen atoms in total. The predicted molar refractivity (Wildman–Crippen MR) is 89.4 cm³/mol. The molecule has 2 fully saturated rings. The average Bonchev–Trinajstić information content (AvgIpc) is 3.19. The standard InChI is InChI=1S/C14H22N4O2S2/c1-18(10-4-7-21-8-5-10)9-12(19)15-14-17-16-13(22-14)11-3-2-6-20-11/h10-11H,2-9H2,1H3,(H,15,17,19)/t11-/m0/s1. The summed E-state index contributed by atoms with van der Waals surface area (Å²) in [5.74, 6) is 2.37. The van der Waals surface area contributed by atoms with Crippen molar-refractivity contribution >= 4 is 34.1 Å². The number of nitrogens with one attached hydrogen (secondary N) is 1. The molecule has 0 radical (unpaired) electrons. The van der Waals surface area contributed by atoms with E-state index in [0.29, 0.717) is 17.7 Å². The molecule has 3 rings (SSSR count). The van der Waals surface area contributed by atoms with Crippen LogP contribution in [0, 0.1) is 0 Å². The molecule has 1 aromatic rings. The first-order valence-corrected chi connectivity index (χ1v) is 9.72. The summed E-state index contributed by atoms with van der Waals surface area (Å²) in [4.78, 5) is 14.3. The lowest BCUT2D eigenvalue weighted by molar-refractivity contribution is -0.117. The molecule has 0 spiro atoms. The summed E-state index contributed by atoms with van der Waals surface area (Å²) >= 11 is 3.42. The fourth-order valence-corrected chi connectivity index (χ4v) is 4.75. The van der Waals surface area contributed by atoms with Crippen LogP contribution in [-0.4, -0.2) is 58.8 Å². The average molecular weight is 342 g/mol. The maximum atomic E-state index is 12.1. The van der Waals surface area contributed by atoms with E-state index >= 15 is 0 Å². The van der Waals surface area contributed by atoms with E-state index in [4.69, 9.17) is 4.74 Å². The third-order valence-electron chi connectivity index (χ3n) is 4.10. The molecular weight excluding hydrogens is 320 g/mol. The molecule has 2 aliphatic heterocycles. The second kappa shape index (κ2) is 7.72. The van der Waals surface area contributed by atoms with Gasteiger partial charge < -0.3 is 4.74 Å². The largest absolute Gasteiger partial charge is 0.371 e. The summed E-state index contributed by atoms with van der Waals surface area (Å²) < 4.78 is 5.59.